The fourth-order valence-corrected chi connectivity index (χ4v) is 3.47. The lowest BCUT2D eigenvalue weighted by Gasteiger charge is -2.16. The number of hydrogen-bond acceptors (Lipinski definition) is 6. The molecule has 1 fully saturated rings. The Hall–Kier alpha value is -3.70. The van der Waals surface area contributed by atoms with Crippen LogP contribution in [0.2, 0.25) is 0 Å². The number of halogens is 3. The molecule has 1 atom stereocenters. The molecule has 12 heteroatoms. The summed E-state index contributed by atoms with van der Waals surface area (Å²) >= 11 is 0. The molecule has 0 bridgehead atoms. The van der Waals surface area contributed by atoms with Crippen molar-refractivity contribution in [2.45, 2.75) is 18.6 Å². The van der Waals surface area contributed by atoms with E-state index in [0.29, 0.717) is 24.7 Å². The Morgan fingerprint density at radius 2 is 2.00 bits per heavy atom. The van der Waals surface area contributed by atoms with E-state index < -0.39 is 23.4 Å². The molecule has 31 heavy (non-hydrogen) atoms. The minimum Gasteiger partial charge on any atom is -0.465 e. The fourth-order valence-electron chi connectivity index (χ4n) is 3.47. The molecule has 1 saturated heterocycles. The second-order valence-electron chi connectivity index (χ2n) is 7.19. The summed E-state index contributed by atoms with van der Waals surface area (Å²) in [5.74, 6) is 0.233. The second-order valence-corrected chi connectivity index (χ2v) is 7.19. The van der Waals surface area contributed by atoms with E-state index in [1.54, 1.807) is 0 Å². The SMILES string of the molecule is Cn1cnc2c(-c3ccc(C(F)(F)F)cn3)cnc(N[C@H]3CCN(C(=O)O)C3)c2c1=O. The van der Waals surface area contributed by atoms with Crippen molar-refractivity contribution in [3.63, 3.8) is 0 Å². The van der Waals surface area contributed by atoms with E-state index in [-0.39, 0.29) is 35.0 Å². The Morgan fingerprint density at radius 1 is 1.23 bits per heavy atom. The molecule has 9 nitrogen and oxygen atoms in total. The topological polar surface area (TPSA) is 113 Å². The van der Waals surface area contributed by atoms with Gasteiger partial charge < -0.3 is 19.9 Å². The largest absolute Gasteiger partial charge is 0.465 e. The zero-order valence-electron chi connectivity index (χ0n) is 16.2. The lowest BCUT2D eigenvalue weighted by Crippen LogP contribution is -2.30. The molecule has 3 aromatic rings. The number of nitrogens with one attached hydrogen (secondary N) is 1. The summed E-state index contributed by atoms with van der Waals surface area (Å²) in [6.45, 7) is 0.593. The maximum Gasteiger partial charge on any atom is 0.417 e. The van der Waals surface area contributed by atoms with Crippen LogP contribution in [0.4, 0.5) is 23.8 Å². The summed E-state index contributed by atoms with van der Waals surface area (Å²) in [6.07, 6.45) is -1.59. The van der Waals surface area contributed by atoms with Crippen molar-refractivity contribution in [3.05, 3.63) is 46.8 Å². The number of hydrogen-bond donors (Lipinski definition) is 2. The predicted octanol–water partition coefficient (Wildman–Crippen LogP) is 2.57. The summed E-state index contributed by atoms with van der Waals surface area (Å²) in [6, 6.07) is 1.86. The Balaban J connectivity index is 1.76. The van der Waals surface area contributed by atoms with Crippen LogP contribution in [0.1, 0.15) is 12.0 Å². The monoisotopic (exact) mass is 434 g/mol. The molecule has 0 aliphatic carbocycles. The molecule has 4 rings (SSSR count). The van der Waals surface area contributed by atoms with Gasteiger partial charge in [0.1, 0.15) is 11.2 Å². The van der Waals surface area contributed by atoms with Crippen molar-refractivity contribution in [1.29, 1.82) is 0 Å². The lowest BCUT2D eigenvalue weighted by atomic mass is 10.1. The summed E-state index contributed by atoms with van der Waals surface area (Å²) < 4.78 is 39.8. The first-order chi connectivity index (χ1) is 14.6. The number of likely N-dealkylation sites (tertiary alicyclic amines) is 1. The van der Waals surface area contributed by atoms with Gasteiger partial charge in [-0.1, -0.05) is 0 Å². The third kappa shape index (κ3) is 3.88. The molecule has 4 heterocycles. The molecule has 0 spiro atoms. The van der Waals surface area contributed by atoms with Gasteiger partial charge >= 0.3 is 12.3 Å². The van der Waals surface area contributed by atoms with E-state index in [1.165, 1.54) is 35.1 Å². The number of carboxylic acid groups (broad SMARTS) is 1. The summed E-state index contributed by atoms with van der Waals surface area (Å²) in [4.78, 5) is 37.7. The molecule has 0 saturated carbocycles. The molecule has 1 amide bonds. The van der Waals surface area contributed by atoms with E-state index in [0.717, 1.165) is 6.07 Å². The Bertz CT molecular complexity index is 1210. The lowest BCUT2D eigenvalue weighted by molar-refractivity contribution is -0.137. The van der Waals surface area contributed by atoms with E-state index in [2.05, 4.69) is 20.3 Å². The highest BCUT2D eigenvalue weighted by Crippen LogP contribution is 2.32. The first-order valence-electron chi connectivity index (χ1n) is 9.27. The number of alkyl halides is 3. The molecular formula is C19H17F3N6O3. The van der Waals surface area contributed by atoms with Gasteiger partial charge in [-0.2, -0.15) is 13.2 Å². The van der Waals surface area contributed by atoms with Gasteiger partial charge in [-0.3, -0.25) is 9.78 Å². The van der Waals surface area contributed by atoms with Crippen molar-refractivity contribution < 1.29 is 23.1 Å². The zero-order chi connectivity index (χ0) is 22.3. The van der Waals surface area contributed by atoms with Gasteiger partial charge in [0, 0.05) is 44.1 Å². The average Bonchev–Trinajstić information content (AvgIpc) is 3.19. The van der Waals surface area contributed by atoms with Crippen LogP contribution in [0.15, 0.2) is 35.6 Å². The maximum absolute atomic E-state index is 12.8. The number of amides is 1. The summed E-state index contributed by atoms with van der Waals surface area (Å²) in [7, 11) is 1.52. The van der Waals surface area contributed by atoms with Crippen LogP contribution in [-0.4, -0.2) is 54.8 Å². The first kappa shape index (κ1) is 20.6. The van der Waals surface area contributed by atoms with Crippen molar-refractivity contribution in [2.75, 3.05) is 18.4 Å². The number of pyridine rings is 2. The maximum atomic E-state index is 12.8. The Morgan fingerprint density at radius 3 is 2.61 bits per heavy atom. The number of aromatic nitrogens is 4. The third-order valence-corrected chi connectivity index (χ3v) is 5.11. The van der Waals surface area contributed by atoms with Crippen LogP contribution < -0.4 is 10.9 Å². The number of fused-ring (bicyclic) bond motifs is 1. The van der Waals surface area contributed by atoms with E-state index in [4.69, 9.17) is 5.11 Å². The van der Waals surface area contributed by atoms with Crippen molar-refractivity contribution >= 4 is 22.8 Å². The minimum atomic E-state index is -4.51. The van der Waals surface area contributed by atoms with E-state index >= 15 is 0 Å². The number of carbonyl (C=O) groups is 1. The smallest absolute Gasteiger partial charge is 0.417 e. The number of anilines is 1. The van der Waals surface area contributed by atoms with Crippen LogP contribution in [0.3, 0.4) is 0 Å². The van der Waals surface area contributed by atoms with E-state index in [9.17, 15) is 22.8 Å². The normalized spacial score (nSPS) is 16.6. The molecule has 162 valence electrons. The van der Waals surface area contributed by atoms with Gasteiger partial charge in [0.25, 0.3) is 5.56 Å². The molecular weight excluding hydrogens is 417 g/mol. The predicted molar refractivity (Wildman–Crippen MR) is 105 cm³/mol. The molecule has 0 unspecified atom stereocenters. The number of rotatable bonds is 3. The molecule has 1 aliphatic heterocycles. The molecule has 1 aliphatic rings. The quantitative estimate of drug-likeness (QED) is 0.651. The van der Waals surface area contributed by atoms with Crippen LogP contribution in [0.5, 0.6) is 0 Å². The highest BCUT2D eigenvalue weighted by molar-refractivity contribution is 5.97. The number of aryl methyl sites for hydroxylation is 1. The Labute approximate surface area is 173 Å². The highest BCUT2D eigenvalue weighted by atomic mass is 19.4. The van der Waals surface area contributed by atoms with Gasteiger partial charge in [-0.05, 0) is 18.6 Å². The van der Waals surface area contributed by atoms with Gasteiger partial charge in [0.05, 0.1) is 23.1 Å². The second kappa shape index (κ2) is 7.52. The zero-order valence-corrected chi connectivity index (χ0v) is 16.2. The van der Waals surface area contributed by atoms with Gasteiger partial charge in [-0.15, -0.1) is 0 Å². The molecule has 0 aromatic carbocycles. The molecule has 2 N–H and O–H groups in total. The van der Waals surface area contributed by atoms with Crippen LogP contribution in [-0.2, 0) is 13.2 Å². The third-order valence-electron chi connectivity index (χ3n) is 5.11. The van der Waals surface area contributed by atoms with Gasteiger partial charge in [-0.25, -0.2) is 14.8 Å². The molecule has 3 aromatic heterocycles. The summed E-state index contributed by atoms with van der Waals surface area (Å²) in [5, 5.41) is 12.4. The van der Waals surface area contributed by atoms with Gasteiger partial charge in [0.2, 0.25) is 0 Å². The minimum absolute atomic E-state index is 0.151. The fraction of sp³-hybridized carbons (Fsp3) is 0.316. The Kier molecular flexibility index (Phi) is 4.99. The average molecular weight is 434 g/mol. The van der Waals surface area contributed by atoms with Crippen LogP contribution in [0.25, 0.3) is 22.2 Å². The van der Waals surface area contributed by atoms with Gasteiger partial charge in [0.15, 0.2) is 0 Å². The van der Waals surface area contributed by atoms with Crippen molar-refractivity contribution in [3.8, 4) is 11.3 Å². The first-order valence-corrected chi connectivity index (χ1v) is 9.27. The van der Waals surface area contributed by atoms with Crippen molar-refractivity contribution in [1.82, 2.24) is 24.4 Å². The highest BCUT2D eigenvalue weighted by Gasteiger charge is 2.31. The number of nitrogens with zero attached hydrogens (tertiary/aromatic N) is 5. The molecule has 0 radical (unpaired) electrons. The summed E-state index contributed by atoms with van der Waals surface area (Å²) in [5.41, 5.74) is -0.552. The van der Waals surface area contributed by atoms with E-state index in [1.807, 2.05) is 0 Å². The van der Waals surface area contributed by atoms with Crippen molar-refractivity contribution in [2.24, 2.45) is 7.05 Å². The van der Waals surface area contributed by atoms with Crippen LogP contribution in [0, 0.1) is 0 Å². The standard InChI is InChI=1S/C19H17F3N6O3/c1-27-9-25-15-12(13-3-2-10(6-23-13)19(20,21)22)7-24-16(14(15)17(27)29)26-11-4-5-28(8-11)18(30)31/h2-3,6-7,9,11H,4-5,8H2,1H3,(H,24,26)(H,30,31)/t11-/m0/s1. The van der Waals surface area contributed by atoms with Crippen LogP contribution >= 0.6 is 0 Å².